The molecule has 0 saturated carbocycles. The second-order valence-corrected chi connectivity index (χ2v) is 7.50. The molecule has 0 radical (unpaired) electrons. The molecule has 0 spiro atoms. The lowest BCUT2D eigenvalue weighted by atomic mass is 9.99. The fraction of sp³-hybridized carbons (Fsp3) is 0.176. The summed E-state index contributed by atoms with van der Waals surface area (Å²) in [5.41, 5.74) is 3.84. The lowest BCUT2D eigenvalue weighted by Gasteiger charge is -2.07. The van der Waals surface area contributed by atoms with Crippen LogP contribution >= 0.6 is 0 Å². The van der Waals surface area contributed by atoms with Crippen LogP contribution in [0.5, 0.6) is 0 Å². The molecule has 24 heavy (non-hydrogen) atoms. The van der Waals surface area contributed by atoms with E-state index in [1.165, 1.54) is 6.26 Å². The van der Waals surface area contributed by atoms with E-state index in [4.69, 9.17) is 0 Å². The summed E-state index contributed by atoms with van der Waals surface area (Å²) in [6, 6.07) is 10.3. The second kappa shape index (κ2) is 6.18. The molecule has 0 unspecified atom stereocenters. The van der Waals surface area contributed by atoms with Gasteiger partial charge in [-0.05, 0) is 29.8 Å². The van der Waals surface area contributed by atoms with E-state index in [0.29, 0.717) is 5.69 Å². The molecule has 0 aliphatic rings. The average Bonchev–Trinajstić information content (AvgIpc) is 2.91. The lowest BCUT2D eigenvalue weighted by Crippen LogP contribution is -1.99. The van der Waals surface area contributed by atoms with Gasteiger partial charge in [0, 0.05) is 36.8 Å². The number of pyridine rings is 1. The first-order chi connectivity index (χ1) is 11.4. The largest absolute Gasteiger partial charge is 0.390 e. The Hall–Kier alpha value is -2.51. The first-order valence-electron chi connectivity index (χ1n) is 7.29. The molecule has 0 atom stereocenters. The minimum atomic E-state index is -3.25. The Kier molecular flexibility index (Phi) is 4.21. The molecule has 0 fully saturated rings. The van der Waals surface area contributed by atoms with Crippen molar-refractivity contribution in [1.82, 2.24) is 14.8 Å². The Morgan fingerprint density at radius 2 is 1.67 bits per heavy atom. The van der Waals surface area contributed by atoms with Crippen molar-refractivity contribution in [2.45, 2.75) is 11.5 Å². The highest BCUT2D eigenvalue weighted by Crippen LogP contribution is 2.34. The monoisotopic (exact) mass is 343 g/mol. The van der Waals surface area contributed by atoms with Crippen LogP contribution in [-0.4, -0.2) is 34.5 Å². The van der Waals surface area contributed by atoms with E-state index < -0.39 is 9.84 Å². The highest BCUT2D eigenvalue weighted by molar-refractivity contribution is 7.90. The standard InChI is InChI=1S/C17H17N3O3S/c1-20-15(11-21)16(17(19-20)13-7-9-18-10-8-13)12-3-5-14(6-4-12)24(2,22)23/h3-10,21H,11H2,1-2H3. The maximum atomic E-state index is 11.6. The van der Waals surface area contributed by atoms with Crippen molar-refractivity contribution < 1.29 is 13.5 Å². The molecule has 3 aromatic rings. The number of aryl methyl sites for hydroxylation is 1. The van der Waals surface area contributed by atoms with E-state index in [2.05, 4.69) is 10.1 Å². The van der Waals surface area contributed by atoms with Gasteiger partial charge in [0.25, 0.3) is 0 Å². The van der Waals surface area contributed by atoms with Gasteiger partial charge in [-0.2, -0.15) is 5.10 Å². The zero-order chi connectivity index (χ0) is 17.3. The lowest BCUT2D eigenvalue weighted by molar-refractivity contribution is 0.271. The Labute approximate surface area is 140 Å². The molecule has 7 heteroatoms. The topological polar surface area (TPSA) is 85.1 Å². The minimum absolute atomic E-state index is 0.169. The summed E-state index contributed by atoms with van der Waals surface area (Å²) in [5, 5.41) is 14.2. The number of sulfone groups is 1. The highest BCUT2D eigenvalue weighted by atomic mass is 32.2. The number of hydrogen-bond donors (Lipinski definition) is 1. The smallest absolute Gasteiger partial charge is 0.175 e. The molecule has 3 rings (SSSR count). The van der Waals surface area contributed by atoms with E-state index >= 15 is 0 Å². The van der Waals surface area contributed by atoms with Crippen LogP contribution in [0.2, 0.25) is 0 Å². The zero-order valence-electron chi connectivity index (χ0n) is 13.3. The summed E-state index contributed by atoms with van der Waals surface area (Å²) < 4.78 is 24.9. The van der Waals surface area contributed by atoms with Crippen molar-refractivity contribution in [1.29, 1.82) is 0 Å². The molecule has 0 amide bonds. The second-order valence-electron chi connectivity index (χ2n) is 5.48. The normalized spacial score (nSPS) is 11.6. The molecule has 1 N–H and O–H groups in total. The number of benzene rings is 1. The van der Waals surface area contributed by atoms with Crippen LogP contribution in [-0.2, 0) is 23.5 Å². The first kappa shape index (κ1) is 16.4. The minimum Gasteiger partial charge on any atom is -0.390 e. The van der Waals surface area contributed by atoms with Crippen molar-refractivity contribution in [3.63, 3.8) is 0 Å². The number of aromatic nitrogens is 3. The predicted molar refractivity (Wildman–Crippen MR) is 90.9 cm³/mol. The van der Waals surface area contributed by atoms with Crippen molar-refractivity contribution in [3.05, 3.63) is 54.5 Å². The van der Waals surface area contributed by atoms with Crippen LogP contribution < -0.4 is 0 Å². The number of aliphatic hydroxyl groups excluding tert-OH is 1. The van der Waals surface area contributed by atoms with E-state index in [1.54, 1.807) is 48.4 Å². The summed E-state index contributed by atoms with van der Waals surface area (Å²) in [4.78, 5) is 4.27. The van der Waals surface area contributed by atoms with Gasteiger partial charge >= 0.3 is 0 Å². The van der Waals surface area contributed by atoms with Gasteiger partial charge < -0.3 is 5.11 Å². The summed E-state index contributed by atoms with van der Waals surface area (Å²) in [7, 11) is -1.48. The average molecular weight is 343 g/mol. The van der Waals surface area contributed by atoms with Gasteiger partial charge in [0.1, 0.15) is 5.69 Å². The van der Waals surface area contributed by atoms with Gasteiger partial charge in [-0.25, -0.2) is 8.42 Å². The van der Waals surface area contributed by atoms with E-state index in [9.17, 15) is 13.5 Å². The van der Waals surface area contributed by atoms with E-state index in [1.807, 2.05) is 12.1 Å². The fourth-order valence-corrected chi connectivity index (χ4v) is 3.25. The summed E-state index contributed by atoms with van der Waals surface area (Å²) in [6.45, 7) is -0.169. The van der Waals surface area contributed by atoms with Gasteiger partial charge in [0.05, 0.1) is 17.2 Å². The molecule has 0 aliphatic carbocycles. The maximum absolute atomic E-state index is 11.6. The van der Waals surface area contributed by atoms with Crippen molar-refractivity contribution >= 4 is 9.84 Å². The third kappa shape index (κ3) is 2.95. The quantitative estimate of drug-likeness (QED) is 0.783. The number of aliphatic hydroxyl groups is 1. The molecule has 6 nitrogen and oxygen atoms in total. The van der Waals surface area contributed by atoms with Gasteiger partial charge in [0.15, 0.2) is 9.84 Å². The molecule has 124 valence electrons. The molecule has 0 aliphatic heterocycles. The van der Waals surface area contributed by atoms with Crippen LogP contribution in [0.4, 0.5) is 0 Å². The van der Waals surface area contributed by atoms with Crippen molar-refractivity contribution in [2.24, 2.45) is 7.05 Å². The summed E-state index contributed by atoms with van der Waals surface area (Å²) >= 11 is 0. The van der Waals surface area contributed by atoms with Gasteiger partial charge in [0.2, 0.25) is 0 Å². The zero-order valence-corrected chi connectivity index (χ0v) is 14.2. The summed E-state index contributed by atoms with van der Waals surface area (Å²) in [5.74, 6) is 0. The number of nitrogens with zero attached hydrogens (tertiary/aromatic N) is 3. The van der Waals surface area contributed by atoms with Crippen LogP contribution in [0.3, 0.4) is 0 Å². The van der Waals surface area contributed by atoms with Crippen LogP contribution in [0.25, 0.3) is 22.4 Å². The Balaban J connectivity index is 2.20. The molecule has 0 saturated heterocycles. The van der Waals surface area contributed by atoms with E-state index in [0.717, 1.165) is 22.4 Å². The molecular formula is C17H17N3O3S. The highest BCUT2D eigenvalue weighted by Gasteiger charge is 2.19. The van der Waals surface area contributed by atoms with Crippen molar-refractivity contribution in [2.75, 3.05) is 6.26 Å². The number of rotatable bonds is 4. The number of hydrogen-bond acceptors (Lipinski definition) is 5. The maximum Gasteiger partial charge on any atom is 0.175 e. The molecule has 2 heterocycles. The van der Waals surface area contributed by atoms with Crippen molar-refractivity contribution in [3.8, 4) is 22.4 Å². The molecule has 0 bridgehead atoms. The molecule has 2 aromatic heterocycles. The Morgan fingerprint density at radius 1 is 1.04 bits per heavy atom. The SMILES string of the molecule is Cn1nc(-c2ccncc2)c(-c2ccc(S(C)(=O)=O)cc2)c1CO. The molecule has 1 aromatic carbocycles. The van der Waals surface area contributed by atoms with Gasteiger partial charge in [-0.15, -0.1) is 0 Å². The third-order valence-electron chi connectivity index (χ3n) is 3.84. The Morgan fingerprint density at radius 3 is 2.21 bits per heavy atom. The first-order valence-corrected chi connectivity index (χ1v) is 9.18. The van der Waals surface area contributed by atoms with Gasteiger partial charge in [-0.3, -0.25) is 9.67 Å². The predicted octanol–water partition coefficient (Wildman–Crippen LogP) is 2.04. The van der Waals surface area contributed by atoms with Crippen LogP contribution in [0.15, 0.2) is 53.7 Å². The van der Waals surface area contributed by atoms with Crippen LogP contribution in [0, 0.1) is 0 Å². The van der Waals surface area contributed by atoms with E-state index in [-0.39, 0.29) is 11.5 Å². The van der Waals surface area contributed by atoms with Gasteiger partial charge in [-0.1, -0.05) is 12.1 Å². The fourth-order valence-electron chi connectivity index (χ4n) is 2.62. The summed E-state index contributed by atoms with van der Waals surface area (Å²) in [6.07, 6.45) is 4.53. The molecular weight excluding hydrogens is 326 g/mol. The third-order valence-corrected chi connectivity index (χ3v) is 4.97. The Bertz CT molecular complexity index is 962. The van der Waals surface area contributed by atoms with Crippen LogP contribution in [0.1, 0.15) is 5.69 Å².